The molecule has 1 atom stereocenters. The minimum Gasteiger partial charge on any atom is -0.497 e. The first-order valence-electron chi connectivity index (χ1n) is 15.1. The zero-order valence-electron chi connectivity index (χ0n) is 25.6. The second kappa shape index (κ2) is 16.4. The lowest BCUT2D eigenvalue weighted by Crippen LogP contribution is -2.50. The Morgan fingerprint density at radius 2 is 1.55 bits per heavy atom. The number of nitrogens with zero attached hydrogens (tertiary/aromatic N) is 2. The molecule has 236 valence electrons. The van der Waals surface area contributed by atoms with Crippen molar-refractivity contribution < 1.29 is 27.5 Å². The first-order valence-corrected chi connectivity index (χ1v) is 16.6. The molecule has 1 N–H and O–H groups in total. The normalized spacial score (nSPS) is 14.2. The number of amides is 2. The molecule has 2 amide bonds. The summed E-state index contributed by atoms with van der Waals surface area (Å²) in [4.78, 5) is 29.5. The molecule has 4 rings (SSSR count). The van der Waals surface area contributed by atoms with Crippen molar-refractivity contribution in [2.45, 2.75) is 56.0 Å². The number of rotatable bonds is 16. The molecule has 9 nitrogen and oxygen atoms in total. The Labute approximate surface area is 261 Å². The second-order valence-corrected chi connectivity index (χ2v) is 12.9. The molecule has 1 unspecified atom stereocenters. The lowest BCUT2D eigenvalue weighted by Gasteiger charge is -2.32. The molecule has 1 aliphatic rings. The summed E-state index contributed by atoms with van der Waals surface area (Å²) in [5, 5.41) is 3.00. The van der Waals surface area contributed by atoms with Gasteiger partial charge in [0.15, 0.2) is 0 Å². The molecule has 0 aliphatic carbocycles. The zero-order chi connectivity index (χ0) is 31.4. The van der Waals surface area contributed by atoms with Gasteiger partial charge in [0.1, 0.15) is 11.8 Å². The van der Waals surface area contributed by atoms with Crippen molar-refractivity contribution in [2.75, 3.05) is 40.5 Å². The molecule has 0 radical (unpaired) electrons. The van der Waals surface area contributed by atoms with Crippen LogP contribution in [0.5, 0.6) is 5.75 Å². The highest BCUT2D eigenvalue weighted by atomic mass is 32.2. The van der Waals surface area contributed by atoms with E-state index in [0.29, 0.717) is 51.3 Å². The van der Waals surface area contributed by atoms with Crippen LogP contribution in [0.1, 0.15) is 42.4 Å². The number of nitrogens with one attached hydrogen (secondary N) is 1. The SMILES string of the molecule is COCCCNC(=O)C(Cc1ccccc1)N(Cc1ccc(OC)cc1)C(=O)CCc1ccc(S(=O)(=O)N2CCCC2)cc1. The van der Waals surface area contributed by atoms with Crippen molar-refractivity contribution in [3.63, 3.8) is 0 Å². The van der Waals surface area contributed by atoms with Gasteiger partial charge in [-0.1, -0.05) is 54.6 Å². The third-order valence-electron chi connectivity index (χ3n) is 7.86. The van der Waals surface area contributed by atoms with Crippen LogP contribution in [-0.2, 0) is 43.7 Å². The fourth-order valence-corrected chi connectivity index (χ4v) is 6.85. The highest BCUT2D eigenvalue weighted by Crippen LogP contribution is 2.22. The number of sulfonamides is 1. The van der Waals surface area contributed by atoms with Crippen molar-refractivity contribution in [3.8, 4) is 5.75 Å². The van der Waals surface area contributed by atoms with Gasteiger partial charge in [0.2, 0.25) is 21.8 Å². The van der Waals surface area contributed by atoms with Crippen LogP contribution in [0.15, 0.2) is 83.8 Å². The van der Waals surface area contributed by atoms with Crippen LogP contribution in [0.2, 0.25) is 0 Å². The van der Waals surface area contributed by atoms with Gasteiger partial charge in [-0.2, -0.15) is 4.31 Å². The van der Waals surface area contributed by atoms with Crippen LogP contribution in [0.4, 0.5) is 0 Å². The molecule has 0 aromatic heterocycles. The minimum absolute atomic E-state index is 0.163. The maximum Gasteiger partial charge on any atom is 0.243 e. The van der Waals surface area contributed by atoms with Gasteiger partial charge in [-0.15, -0.1) is 0 Å². The van der Waals surface area contributed by atoms with Crippen LogP contribution < -0.4 is 10.1 Å². The van der Waals surface area contributed by atoms with Crippen LogP contribution in [0.3, 0.4) is 0 Å². The molecular weight excluding hydrogens is 578 g/mol. The van der Waals surface area contributed by atoms with Gasteiger partial charge < -0.3 is 19.7 Å². The number of carbonyl (C=O) groups excluding carboxylic acids is 2. The number of carbonyl (C=O) groups is 2. The third-order valence-corrected chi connectivity index (χ3v) is 9.77. The lowest BCUT2D eigenvalue weighted by atomic mass is 10.0. The minimum atomic E-state index is -3.50. The van der Waals surface area contributed by atoms with Gasteiger partial charge in [-0.25, -0.2) is 8.42 Å². The van der Waals surface area contributed by atoms with Gasteiger partial charge in [-0.3, -0.25) is 9.59 Å². The van der Waals surface area contributed by atoms with Crippen molar-refractivity contribution in [3.05, 3.63) is 95.6 Å². The topological polar surface area (TPSA) is 105 Å². The van der Waals surface area contributed by atoms with Crippen molar-refractivity contribution in [1.82, 2.24) is 14.5 Å². The van der Waals surface area contributed by atoms with E-state index in [1.54, 1.807) is 43.4 Å². The third kappa shape index (κ3) is 9.14. The molecule has 1 fully saturated rings. The fraction of sp³-hybridized carbons (Fsp3) is 0.412. The van der Waals surface area contributed by atoms with E-state index in [9.17, 15) is 18.0 Å². The Bertz CT molecular complexity index is 1440. The summed E-state index contributed by atoms with van der Waals surface area (Å²) in [7, 11) is -0.284. The number of benzene rings is 3. The summed E-state index contributed by atoms with van der Waals surface area (Å²) in [6.45, 7) is 2.31. The highest BCUT2D eigenvalue weighted by molar-refractivity contribution is 7.89. The summed E-state index contributed by atoms with van der Waals surface area (Å²) in [5.74, 6) is 0.324. The van der Waals surface area contributed by atoms with Gasteiger partial charge in [0.05, 0.1) is 12.0 Å². The van der Waals surface area contributed by atoms with Crippen molar-refractivity contribution >= 4 is 21.8 Å². The molecule has 10 heteroatoms. The van der Waals surface area contributed by atoms with E-state index in [-0.39, 0.29) is 29.7 Å². The predicted molar refractivity (Wildman–Crippen MR) is 170 cm³/mol. The highest BCUT2D eigenvalue weighted by Gasteiger charge is 2.30. The number of hydrogen-bond donors (Lipinski definition) is 1. The van der Waals surface area contributed by atoms with Crippen LogP contribution in [0, 0.1) is 0 Å². The Morgan fingerprint density at radius 3 is 2.18 bits per heavy atom. The van der Waals surface area contributed by atoms with Crippen molar-refractivity contribution in [1.29, 1.82) is 0 Å². The Kier molecular flexibility index (Phi) is 12.3. The van der Waals surface area contributed by atoms with Gasteiger partial charge >= 0.3 is 0 Å². The van der Waals surface area contributed by atoms with E-state index in [4.69, 9.17) is 9.47 Å². The predicted octanol–water partition coefficient (Wildman–Crippen LogP) is 4.21. The smallest absolute Gasteiger partial charge is 0.243 e. The molecule has 3 aromatic rings. The van der Waals surface area contributed by atoms with E-state index >= 15 is 0 Å². The van der Waals surface area contributed by atoms with E-state index in [2.05, 4.69) is 5.32 Å². The lowest BCUT2D eigenvalue weighted by molar-refractivity contribution is -0.141. The van der Waals surface area contributed by atoms with Crippen LogP contribution in [-0.4, -0.2) is 75.9 Å². The molecule has 1 aliphatic heterocycles. The first-order chi connectivity index (χ1) is 21.3. The molecule has 3 aromatic carbocycles. The summed E-state index contributed by atoms with van der Waals surface area (Å²) in [6.07, 6.45) is 3.36. The van der Waals surface area contributed by atoms with E-state index in [1.165, 1.54) is 4.31 Å². The summed E-state index contributed by atoms with van der Waals surface area (Å²) in [5.41, 5.74) is 2.68. The van der Waals surface area contributed by atoms with Crippen LogP contribution in [0.25, 0.3) is 0 Å². The number of aryl methyl sites for hydroxylation is 1. The molecule has 0 bridgehead atoms. The quantitative estimate of drug-likeness (QED) is 0.241. The zero-order valence-corrected chi connectivity index (χ0v) is 26.4. The fourth-order valence-electron chi connectivity index (χ4n) is 5.33. The molecular formula is C34H43N3O6S. The summed E-state index contributed by atoms with van der Waals surface area (Å²) >= 11 is 0. The van der Waals surface area contributed by atoms with Gasteiger partial charge in [0.25, 0.3) is 0 Å². The standard InChI is InChI=1S/C34H43N3O6S/c1-42-24-8-21-35-34(39)32(25-28-9-4-3-5-10-28)37(26-29-11-16-30(43-2)17-12-29)33(38)20-15-27-13-18-31(19-14-27)44(40,41)36-22-6-7-23-36/h3-5,9-14,16-19,32H,6-8,15,20-26H2,1-2H3,(H,35,39). The Hall–Kier alpha value is -3.73. The maximum atomic E-state index is 14.0. The molecule has 0 spiro atoms. The first kappa shape index (κ1) is 33.2. The van der Waals surface area contributed by atoms with E-state index in [1.807, 2.05) is 54.6 Å². The average Bonchev–Trinajstić information content (AvgIpc) is 3.61. The number of ether oxygens (including phenoxy) is 2. The van der Waals surface area contributed by atoms with E-state index in [0.717, 1.165) is 29.5 Å². The molecule has 1 saturated heterocycles. The number of methoxy groups -OCH3 is 2. The average molecular weight is 622 g/mol. The van der Waals surface area contributed by atoms with Crippen LogP contribution >= 0.6 is 0 Å². The molecule has 44 heavy (non-hydrogen) atoms. The maximum absolute atomic E-state index is 14.0. The largest absolute Gasteiger partial charge is 0.497 e. The van der Waals surface area contributed by atoms with Crippen molar-refractivity contribution in [2.24, 2.45) is 0 Å². The molecule has 0 saturated carbocycles. The Morgan fingerprint density at radius 1 is 0.886 bits per heavy atom. The van der Waals surface area contributed by atoms with Gasteiger partial charge in [0, 0.05) is 52.7 Å². The summed E-state index contributed by atoms with van der Waals surface area (Å²) < 4.78 is 37.8. The molecule has 1 heterocycles. The number of hydrogen-bond acceptors (Lipinski definition) is 6. The second-order valence-electron chi connectivity index (χ2n) is 11.0. The Balaban J connectivity index is 1.54. The monoisotopic (exact) mass is 621 g/mol. The summed E-state index contributed by atoms with van der Waals surface area (Å²) in [6, 6.07) is 23.2. The van der Waals surface area contributed by atoms with E-state index < -0.39 is 16.1 Å². The van der Waals surface area contributed by atoms with Gasteiger partial charge in [-0.05, 0) is 66.6 Å².